The van der Waals surface area contributed by atoms with Gasteiger partial charge in [-0.25, -0.2) is 0 Å². The number of hydrogen-bond acceptors (Lipinski definition) is 2. The van der Waals surface area contributed by atoms with Crippen LogP contribution in [0.3, 0.4) is 0 Å². The van der Waals surface area contributed by atoms with E-state index in [0.717, 1.165) is 55.2 Å². The topological polar surface area (TPSA) is 16.4 Å². The molecule has 0 aliphatic heterocycles. The predicted octanol–water partition coefficient (Wildman–Crippen LogP) is 14.4. The first-order valence-corrected chi connectivity index (χ1v) is 17.2. The van der Waals surface area contributed by atoms with E-state index in [9.17, 15) is 2.74 Å². The van der Waals surface area contributed by atoms with Gasteiger partial charge in [-0.3, -0.25) is 0 Å². The summed E-state index contributed by atoms with van der Waals surface area (Å²) in [7, 11) is 0. The summed E-state index contributed by atoms with van der Waals surface area (Å²) in [4.78, 5) is 2.15. The number of furan rings is 1. The monoisotopic (exact) mass is 670 g/mol. The Morgan fingerprint density at radius 3 is 2.04 bits per heavy atom. The molecular weight excluding hydrogens is 631 g/mol. The van der Waals surface area contributed by atoms with E-state index in [-0.39, 0.29) is 28.4 Å². The minimum absolute atomic E-state index is 0.0256. The SMILES string of the molecule is [2H]c1c([2H])c([2H])c2c(-c3cccc(N(c4cccc(-c5ccccc5)c4)c4cccc5c4oc4ccccc45)c3-c3cccc4ccccc34)c([2H])c([2H])c([2H])c2c1[2H]. The van der Waals surface area contributed by atoms with E-state index in [4.69, 9.17) is 11.3 Å². The number of para-hydroxylation sites is 2. The Morgan fingerprint density at radius 1 is 0.423 bits per heavy atom. The van der Waals surface area contributed by atoms with Crippen LogP contribution in [0.15, 0.2) is 204 Å². The van der Waals surface area contributed by atoms with Crippen LogP contribution < -0.4 is 4.90 Å². The number of benzene rings is 9. The Balaban J connectivity index is 1.39. The third-order valence-electron chi connectivity index (χ3n) is 9.76. The molecule has 1 heterocycles. The fraction of sp³-hybridized carbons (Fsp3) is 0. The number of nitrogens with zero attached hydrogens (tertiary/aromatic N) is 1. The van der Waals surface area contributed by atoms with Crippen molar-refractivity contribution in [2.45, 2.75) is 0 Å². The largest absolute Gasteiger partial charge is 0.454 e. The van der Waals surface area contributed by atoms with Crippen molar-refractivity contribution in [1.29, 1.82) is 0 Å². The fourth-order valence-electron chi connectivity index (χ4n) is 7.45. The lowest BCUT2D eigenvalue weighted by Gasteiger charge is -2.30. The quantitative estimate of drug-likeness (QED) is 0.175. The van der Waals surface area contributed by atoms with Crippen molar-refractivity contribution in [3.05, 3.63) is 200 Å². The summed E-state index contributed by atoms with van der Waals surface area (Å²) in [5.41, 5.74) is 7.82. The zero-order valence-corrected chi connectivity index (χ0v) is 27.9. The maximum atomic E-state index is 9.48. The number of fused-ring (bicyclic) bond motifs is 5. The molecule has 0 fully saturated rings. The molecule has 52 heavy (non-hydrogen) atoms. The van der Waals surface area contributed by atoms with Gasteiger partial charge in [0.1, 0.15) is 5.58 Å². The van der Waals surface area contributed by atoms with Crippen LogP contribution in [0.25, 0.3) is 76.9 Å². The van der Waals surface area contributed by atoms with Gasteiger partial charge in [0.15, 0.2) is 5.58 Å². The van der Waals surface area contributed by atoms with Gasteiger partial charge in [-0.2, -0.15) is 0 Å². The lowest BCUT2D eigenvalue weighted by Crippen LogP contribution is -2.12. The normalized spacial score (nSPS) is 13.3. The van der Waals surface area contributed by atoms with Gasteiger partial charge in [-0.1, -0.05) is 170 Å². The minimum atomic E-state index is -0.495. The molecule has 0 N–H and O–H groups in total. The smallest absolute Gasteiger partial charge is 0.159 e. The van der Waals surface area contributed by atoms with Gasteiger partial charge >= 0.3 is 0 Å². The molecule has 0 unspecified atom stereocenters. The van der Waals surface area contributed by atoms with Gasteiger partial charge in [0, 0.05) is 22.0 Å². The van der Waals surface area contributed by atoms with Crippen LogP contribution in [-0.4, -0.2) is 0 Å². The van der Waals surface area contributed by atoms with Crippen molar-refractivity contribution in [3.63, 3.8) is 0 Å². The highest BCUT2D eigenvalue weighted by Crippen LogP contribution is 2.50. The highest BCUT2D eigenvalue weighted by Gasteiger charge is 2.25. The summed E-state index contributed by atoms with van der Waals surface area (Å²) in [5.74, 6) is 0. The second kappa shape index (κ2) is 12.5. The average molecular weight is 671 g/mol. The molecule has 0 spiro atoms. The minimum Gasteiger partial charge on any atom is -0.454 e. The molecule has 0 amide bonds. The van der Waals surface area contributed by atoms with Crippen molar-refractivity contribution in [1.82, 2.24) is 0 Å². The molecule has 244 valence electrons. The molecule has 10 aromatic rings. The summed E-state index contributed by atoms with van der Waals surface area (Å²) in [6.07, 6.45) is 0. The summed E-state index contributed by atoms with van der Waals surface area (Å²) >= 11 is 0. The van der Waals surface area contributed by atoms with Gasteiger partial charge in [-0.05, 0) is 79.7 Å². The zero-order chi connectivity index (χ0) is 40.5. The van der Waals surface area contributed by atoms with Crippen LogP contribution in [-0.2, 0) is 0 Å². The third-order valence-corrected chi connectivity index (χ3v) is 9.76. The molecule has 0 aliphatic carbocycles. The summed E-state index contributed by atoms with van der Waals surface area (Å²) in [5, 5.41) is 3.74. The molecule has 0 radical (unpaired) electrons. The number of hydrogen-bond donors (Lipinski definition) is 0. The van der Waals surface area contributed by atoms with Gasteiger partial charge in [0.05, 0.1) is 21.0 Å². The van der Waals surface area contributed by atoms with E-state index in [1.807, 2.05) is 127 Å². The standard InChI is InChI=1S/C50H33NO/c1-2-15-34(16-3-1)37-21-10-22-38(33-37)51(47-31-14-29-45-42-25-8-9-32-48(42)52-50(45)47)46-30-13-28-44(41-26-11-19-35-17-4-6-23-39(35)41)49(46)43-27-12-20-36-18-5-7-24-40(36)43/h1-33H/i4D,6D,11D,17D,19D,23D,26D. The molecule has 2 nitrogen and oxygen atoms in total. The molecule has 0 saturated heterocycles. The number of rotatable bonds is 6. The van der Waals surface area contributed by atoms with Crippen LogP contribution in [0, 0.1) is 0 Å². The van der Waals surface area contributed by atoms with Crippen LogP contribution >= 0.6 is 0 Å². The third kappa shape index (κ3) is 4.96. The molecule has 0 saturated carbocycles. The predicted molar refractivity (Wildman–Crippen MR) is 220 cm³/mol. The van der Waals surface area contributed by atoms with Crippen LogP contribution in [0.2, 0.25) is 0 Å². The van der Waals surface area contributed by atoms with Gasteiger partial charge in [0.25, 0.3) is 0 Å². The van der Waals surface area contributed by atoms with Gasteiger partial charge < -0.3 is 9.32 Å². The first-order valence-electron chi connectivity index (χ1n) is 20.7. The maximum Gasteiger partial charge on any atom is 0.159 e. The number of anilines is 3. The summed E-state index contributed by atoms with van der Waals surface area (Å²) < 4.78 is 69.4. The van der Waals surface area contributed by atoms with Gasteiger partial charge in [-0.15, -0.1) is 0 Å². The van der Waals surface area contributed by atoms with E-state index in [2.05, 4.69) is 35.2 Å². The highest BCUT2D eigenvalue weighted by atomic mass is 16.3. The Kier molecular flexibility index (Phi) is 5.63. The van der Waals surface area contributed by atoms with Crippen molar-refractivity contribution in [2.24, 2.45) is 0 Å². The molecule has 9 aromatic carbocycles. The first-order chi connectivity index (χ1) is 28.7. The molecule has 0 bridgehead atoms. The first kappa shape index (κ1) is 23.5. The van der Waals surface area contributed by atoms with Crippen molar-refractivity contribution in [3.8, 4) is 33.4 Å². The fourth-order valence-corrected chi connectivity index (χ4v) is 7.45. The average Bonchev–Trinajstić information content (AvgIpc) is 3.66. The van der Waals surface area contributed by atoms with E-state index in [1.165, 1.54) is 0 Å². The van der Waals surface area contributed by atoms with Crippen molar-refractivity contribution >= 4 is 60.5 Å². The maximum absolute atomic E-state index is 9.48. The van der Waals surface area contributed by atoms with Crippen LogP contribution in [0.5, 0.6) is 0 Å². The summed E-state index contributed by atoms with van der Waals surface area (Å²) in [6.45, 7) is 0. The Hall–Kier alpha value is -6.90. The van der Waals surface area contributed by atoms with Crippen molar-refractivity contribution < 1.29 is 14.0 Å². The Morgan fingerprint density at radius 2 is 1.10 bits per heavy atom. The molecule has 10 rings (SSSR count). The lowest BCUT2D eigenvalue weighted by molar-refractivity contribution is 0.669. The molecular formula is C50H33NO. The second-order valence-corrected chi connectivity index (χ2v) is 12.7. The van der Waals surface area contributed by atoms with Gasteiger partial charge in [0.2, 0.25) is 0 Å². The van der Waals surface area contributed by atoms with E-state index >= 15 is 0 Å². The van der Waals surface area contributed by atoms with Crippen LogP contribution in [0.1, 0.15) is 9.60 Å². The van der Waals surface area contributed by atoms with Crippen molar-refractivity contribution in [2.75, 3.05) is 4.90 Å². The Bertz CT molecular complexity index is 3310. The zero-order valence-electron chi connectivity index (χ0n) is 34.9. The molecule has 1 aromatic heterocycles. The van der Waals surface area contributed by atoms with E-state index in [0.29, 0.717) is 22.4 Å². The molecule has 2 heteroatoms. The Labute approximate surface area is 312 Å². The molecule has 0 aliphatic rings. The van der Waals surface area contributed by atoms with E-state index < -0.39 is 30.2 Å². The summed E-state index contributed by atoms with van der Waals surface area (Å²) in [6, 6.07) is 49.4. The second-order valence-electron chi connectivity index (χ2n) is 12.7. The highest BCUT2D eigenvalue weighted by molar-refractivity contribution is 6.13. The van der Waals surface area contributed by atoms with Crippen LogP contribution in [0.4, 0.5) is 17.1 Å². The lowest BCUT2D eigenvalue weighted by atomic mass is 9.87. The molecule has 0 atom stereocenters. The van der Waals surface area contributed by atoms with E-state index in [1.54, 1.807) is 0 Å².